The van der Waals surface area contributed by atoms with Gasteiger partial charge in [-0.05, 0) is 50.7 Å². The van der Waals surface area contributed by atoms with E-state index in [9.17, 15) is 9.59 Å². The summed E-state index contributed by atoms with van der Waals surface area (Å²) in [5.41, 5.74) is 1.41. The van der Waals surface area contributed by atoms with Gasteiger partial charge in [0.2, 0.25) is 0 Å². The Morgan fingerprint density at radius 2 is 1.50 bits per heavy atom. The Hall–Kier alpha value is -1.84. The van der Waals surface area contributed by atoms with Crippen LogP contribution in [0.1, 0.15) is 48.5 Å². The molecule has 0 bridgehead atoms. The highest BCUT2D eigenvalue weighted by molar-refractivity contribution is 5.87. The molecule has 1 aliphatic carbocycles. The maximum Gasteiger partial charge on any atom is 0.335 e. The first-order chi connectivity index (χ1) is 9.40. The van der Waals surface area contributed by atoms with Gasteiger partial charge in [-0.25, -0.2) is 4.79 Å². The molecule has 1 aliphatic rings. The van der Waals surface area contributed by atoms with Crippen LogP contribution < -0.4 is 0 Å². The minimum atomic E-state index is -0.875. The molecule has 4 heteroatoms. The van der Waals surface area contributed by atoms with Crippen molar-refractivity contribution < 1.29 is 19.8 Å². The highest BCUT2D eigenvalue weighted by Gasteiger charge is 2.23. The average molecular weight is 278 g/mol. The first-order valence-electron chi connectivity index (χ1n) is 6.93. The van der Waals surface area contributed by atoms with Crippen LogP contribution in [0.4, 0.5) is 0 Å². The lowest BCUT2D eigenvalue weighted by Gasteiger charge is -2.22. The molecule has 1 saturated carbocycles. The van der Waals surface area contributed by atoms with E-state index in [2.05, 4.69) is 6.92 Å². The Labute approximate surface area is 119 Å². The van der Waals surface area contributed by atoms with Crippen molar-refractivity contribution in [1.29, 1.82) is 0 Å². The zero-order chi connectivity index (χ0) is 15.1. The van der Waals surface area contributed by atoms with Crippen LogP contribution in [-0.2, 0) is 4.79 Å². The molecule has 0 unspecified atom stereocenters. The van der Waals surface area contributed by atoms with Crippen molar-refractivity contribution in [3.05, 3.63) is 35.4 Å². The summed E-state index contributed by atoms with van der Waals surface area (Å²) in [7, 11) is 0. The standard InChI is InChI=1S/C8H14O2.C8H8O2/c2*1-6-2-4-7(5-3-6)8(9)10/h6-7H,2-5H2,1H3,(H,9,10);2-5H,1H3,(H,9,10). The minimum absolute atomic E-state index is 0.0452. The van der Waals surface area contributed by atoms with Gasteiger partial charge in [0.05, 0.1) is 11.5 Å². The molecule has 0 spiro atoms. The van der Waals surface area contributed by atoms with Gasteiger partial charge in [0, 0.05) is 0 Å². The van der Waals surface area contributed by atoms with Crippen LogP contribution in [0.2, 0.25) is 0 Å². The van der Waals surface area contributed by atoms with Gasteiger partial charge in [0.25, 0.3) is 0 Å². The van der Waals surface area contributed by atoms with E-state index in [-0.39, 0.29) is 5.92 Å². The van der Waals surface area contributed by atoms with Gasteiger partial charge >= 0.3 is 11.9 Å². The SMILES string of the molecule is CC1CCC(C(=O)O)CC1.Cc1ccc(C(=O)O)cc1. The lowest BCUT2D eigenvalue weighted by molar-refractivity contribution is -0.143. The van der Waals surface area contributed by atoms with Gasteiger partial charge < -0.3 is 10.2 Å². The van der Waals surface area contributed by atoms with E-state index in [1.807, 2.05) is 6.92 Å². The van der Waals surface area contributed by atoms with E-state index in [1.54, 1.807) is 24.3 Å². The van der Waals surface area contributed by atoms with Crippen molar-refractivity contribution in [3.63, 3.8) is 0 Å². The summed E-state index contributed by atoms with van der Waals surface area (Å²) in [5, 5.41) is 17.1. The number of aromatic carboxylic acids is 1. The van der Waals surface area contributed by atoms with Crippen LogP contribution in [0.3, 0.4) is 0 Å². The number of hydrogen-bond acceptors (Lipinski definition) is 2. The molecule has 0 aromatic heterocycles. The Balaban J connectivity index is 0.000000200. The fourth-order valence-electron chi connectivity index (χ4n) is 2.20. The molecule has 0 saturated heterocycles. The first-order valence-corrected chi connectivity index (χ1v) is 6.93. The Morgan fingerprint density at radius 3 is 1.90 bits per heavy atom. The van der Waals surface area contributed by atoms with Crippen molar-refractivity contribution >= 4 is 11.9 Å². The van der Waals surface area contributed by atoms with E-state index in [0.717, 1.165) is 37.2 Å². The number of carbonyl (C=O) groups is 2. The Kier molecular flexibility index (Phi) is 6.22. The third-order valence-electron chi connectivity index (χ3n) is 3.66. The van der Waals surface area contributed by atoms with Gasteiger partial charge in [-0.2, -0.15) is 0 Å². The van der Waals surface area contributed by atoms with E-state index in [1.165, 1.54) is 0 Å². The van der Waals surface area contributed by atoms with Crippen LogP contribution >= 0.6 is 0 Å². The van der Waals surface area contributed by atoms with Gasteiger partial charge in [-0.1, -0.05) is 24.6 Å². The lowest BCUT2D eigenvalue weighted by atomic mass is 9.83. The molecule has 0 amide bonds. The molecule has 20 heavy (non-hydrogen) atoms. The highest BCUT2D eigenvalue weighted by atomic mass is 16.4. The Bertz CT molecular complexity index is 442. The number of carboxylic acid groups (broad SMARTS) is 2. The molecule has 1 aromatic carbocycles. The van der Waals surface area contributed by atoms with Gasteiger partial charge in [-0.3, -0.25) is 4.79 Å². The summed E-state index contributed by atoms with van der Waals surface area (Å²) >= 11 is 0. The first kappa shape index (κ1) is 16.2. The maximum absolute atomic E-state index is 10.5. The van der Waals surface area contributed by atoms with Crippen molar-refractivity contribution in [3.8, 4) is 0 Å². The molecule has 1 aromatic rings. The summed E-state index contributed by atoms with van der Waals surface area (Å²) < 4.78 is 0. The molecule has 0 radical (unpaired) electrons. The predicted molar refractivity (Wildman–Crippen MR) is 76.9 cm³/mol. The molecule has 2 N–H and O–H groups in total. The molecular formula is C16H22O4. The number of hydrogen-bond donors (Lipinski definition) is 2. The highest BCUT2D eigenvalue weighted by Crippen LogP contribution is 2.27. The zero-order valence-electron chi connectivity index (χ0n) is 12.0. The van der Waals surface area contributed by atoms with Crippen molar-refractivity contribution in [1.82, 2.24) is 0 Å². The molecular weight excluding hydrogens is 256 g/mol. The molecule has 1 fully saturated rings. The van der Waals surface area contributed by atoms with E-state index >= 15 is 0 Å². The smallest absolute Gasteiger partial charge is 0.335 e. The fraction of sp³-hybridized carbons (Fsp3) is 0.500. The van der Waals surface area contributed by atoms with E-state index in [4.69, 9.17) is 10.2 Å². The van der Waals surface area contributed by atoms with Crippen LogP contribution in [-0.4, -0.2) is 22.2 Å². The summed E-state index contributed by atoms with van der Waals surface area (Å²) in [5.74, 6) is -0.779. The second-order valence-electron chi connectivity index (χ2n) is 5.47. The number of aliphatic carboxylic acids is 1. The second kappa shape index (κ2) is 7.68. The molecule has 0 heterocycles. The van der Waals surface area contributed by atoms with Crippen molar-refractivity contribution in [2.24, 2.45) is 11.8 Å². The molecule has 110 valence electrons. The van der Waals surface area contributed by atoms with Crippen LogP contribution in [0.15, 0.2) is 24.3 Å². The summed E-state index contributed by atoms with van der Waals surface area (Å²) in [6.07, 6.45) is 3.96. The molecule has 0 atom stereocenters. The fourth-order valence-corrected chi connectivity index (χ4v) is 2.20. The number of benzene rings is 1. The lowest BCUT2D eigenvalue weighted by Crippen LogP contribution is -2.19. The quantitative estimate of drug-likeness (QED) is 0.867. The minimum Gasteiger partial charge on any atom is -0.481 e. The number of aryl methyl sites for hydroxylation is 1. The summed E-state index contributed by atoms with van der Waals surface area (Å²) in [6.45, 7) is 4.11. The van der Waals surface area contributed by atoms with E-state index in [0.29, 0.717) is 5.56 Å². The largest absolute Gasteiger partial charge is 0.481 e. The number of rotatable bonds is 2. The molecule has 0 aliphatic heterocycles. The summed E-state index contributed by atoms with van der Waals surface area (Å²) in [6, 6.07) is 6.75. The Morgan fingerprint density at radius 1 is 1.00 bits per heavy atom. The average Bonchev–Trinajstić information content (AvgIpc) is 2.40. The van der Waals surface area contributed by atoms with Gasteiger partial charge in [-0.15, -0.1) is 0 Å². The van der Waals surface area contributed by atoms with Crippen LogP contribution in [0.25, 0.3) is 0 Å². The number of carboxylic acids is 2. The zero-order valence-corrected chi connectivity index (χ0v) is 12.0. The third kappa shape index (κ3) is 5.43. The van der Waals surface area contributed by atoms with Gasteiger partial charge in [0.15, 0.2) is 0 Å². The monoisotopic (exact) mass is 278 g/mol. The van der Waals surface area contributed by atoms with E-state index < -0.39 is 11.9 Å². The van der Waals surface area contributed by atoms with Crippen molar-refractivity contribution in [2.75, 3.05) is 0 Å². The maximum atomic E-state index is 10.5. The van der Waals surface area contributed by atoms with Crippen molar-refractivity contribution in [2.45, 2.75) is 39.5 Å². The predicted octanol–water partition coefficient (Wildman–Crippen LogP) is 3.59. The topological polar surface area (TPSA) is 74.6 Å². The normalized spacial score (nSPS) is 21.5. The summed E-state index contributed by atoms with van der Waals surface area (Å²) in [4.78, 5) is 20.8. The second-order valence-corrected chi connectivity index (χ2v) is 5.47. The third-order valence-corrected chi connectivity index (χ3v) is 3.66. The van der Waals surface area contributed by atoms with Gasteiger partial charge in [0.1, 0.15) is 0 Å². The van der Waals surface area contributed by atoms with Crippen LogP contribution in [0, 0.1) is 18.8 Å². The van der Waals surface area contributed by atoms with Crippen LogP contribution in [0.5, 0.6) is 0 Å². The molecule has 4 nitrogen and oxygen atoms in total. The molecule has 2 rings (SSSR count).